The van der Waals surface area contributed by atoms with Gasteiger partial charge in [-0.25, -0.2) is 4.98 Å². The number of nitrogen functional groups attached to an aromatic ring is 1. The van der Waals surface area contributed by atoms with Gasteiger partial charge in [0.15, 0.2) is 12.4 Å². The Kier molecular flexibility index (Phi) is 6.24. The maximum atomic E-state index is 11.6. The van der Waals surface area contributed by atoms with Gasteiger partial charge in [-0.3, -0.25) is 10.2 Å². The van der Waals surface area contributed by atoms with Gasteiger partial charge in [-0.1, -0.05) is 12.1 Å². The molecule has 5 N–H and O–H groups in total. The summed E-state index contributed by atoms with van der Waals surface area (Å²) >= 11 is 3.05. The number of thiazole rings is 1. The average Bonchev–Trinajstić information content (AvgIpc) is 3.40. The zero-order valence-electron chi connectivity index (χ0n) is 16.5. The second-order valence-corrected chi connectivity index (χ2v) is 9.16. The fraction of sp³-hybridized carbons (Fsp3) is 0.286. The van der Waals surface area contributed by atoms with Crippen molar-refractivity contribution in [2.24, 2.45) is 5.73 Å². The highest BCUT2D eigenvalue weighted by Crippen LogP contribution is 2.35. The normalized spacial score (nSPS) is 17.4. The first-order valence-electron chi connectivity index (χ1n) is 9.62. The molecule has 1 aliphatic heterocycles. The van der Waals surface area contributed by atoms with Crippen molar-refractivity contribution >= 4 is 34.8 Å². The highest BCUT2D eigenvalue weighted by Gasteiger charge is 2.24. The van der Waals surface area contributed by atoms with Gasteiger partial charge in [0.25, 0.3) is 0 Å². The van der Waals surface area contributed by atoms with Gasteiger partial charge in [0.2, 0.25) is 0 Å². The first-order chi connectivity index (χ1) is 14.5. The molecule has 1 saturated heterocycles. The third-order valence-electron chi connectivity index (χ3n) is 4.92. The van der Waals surface area contributed by atoms with Crippen molar-refractivity contribution in [1.82, 2.24) is 15.6 Å². The summed E-state index contributed by atoms with van der Waals surface area (Å²) < 4.78 is 5.97. The van der Waals surface area contributed by atoms with E-state index < -0.39 is 6.10 Å². The van der Waals surface area contributed by atoms with Gasteiger partial charge in [0.05, 0.1) is 16.6 Å². The van der Waals surface area contributed by atoms with Crippen LogP contribution in [-0.4, -0.2) is 48.9 Å². The number of rotatable bonds is 7. The molecular weight excluding hydrogens is 418 g/mol. The Hall–Kier alpha value is -2.59. The SMILES string of the molecule is Cc1sc(C(=N)N)cc1-c1nc(-c2cccc(OC(C=O)C3CNCCN3)c2)cs1. The molecule has 0 amide bonds. The van der Waals surface area contributed by atoms with E-state index in [1.165, 1.54) is 11.3 Å². The molecular formula is C21H23N5O2S2. The standard InChI is InChI=1S/C21H23N5O2S2/c1-12-15(8-19(30-12)20(22)23)21-26-17(11-29-21)13-3-2-4-14(7-13)28-18(10-27)16-9-24-5-6-25-16/h2-4,7-8,10-11,16,18,24-25H,5-6,9H2,1H3,(H3,22,23). The Balaban J connectivity index is 1.54. The van der Waals surface area contributed by atoms with Crippen molar-refractivity contribution in [2.45, 2.75) is 19.1 Å². The molecule has 7 nitrogen and oxygen atoms in total. The third kappa shape index (κ3) is 4.44. The van der Waals surface area contributed by atoms with E-state index in [1.807, 2.05) is 42.6 Å². The van der Waals surface area contributed by atoms with Crippen molar-refractivity contribution in [3.8, 4) is 27.6 Å². The van der Waals surface area contributed by atoms with E-state index in [1.54, 1.807) is 11.3 Å². The van der Waals surface area contributed by atoms with Crippen molar-refractivity contribution in [1.29, 1.82) is 5.41 Å². The predicted molar refractivity (Wildman–Crippen MR) is 122 cm³/mol. The number of carbonyl (C=O) groups excluding carboxylic acids is 1. The number of thiophene rings is 1. The summed E-state index contributed by atoms with van der Waals surface area (Å²) in [6.07, 6.45) is 0.294. The number of carbonyl (C=O) groups is 1. The van der Waals surface area contributed by atoms with Crippen LogP contribution in [0, 0.1) is 12.3 Å². The minimum Gasteiger partial charge on any atom is -0.481 e. The van der Waals surface area contributed by atoms with Gasteiger partial charge in [-0.15, -0.1) is 22.7 Å². The number of aryl methyl sites for hydroxylation is 1. The number of nitrogens with two attached hydrogens (primary N) is 1. The number of hydrogen-bond donors (Lipinski definition) is 4. The Morgan fingerprint density at radius 3 is 2.97 bits per heavy atom. The minimum atomic E-state index is -0.558. The summed E-state index contributed by atoms with van der Waals surface area (Å²) in [5.74, 6) is 0.709. The number of aldehydes is 1. The van der Waals surface area contributed by atoms with Crippen molar-refractivity contribution < 1.29 is 9.53 Å². The molecule has 2 unspecified atom stereocenters. The number of nitrogens with one attached hydrogen (secondary N) is 3. The van der Waals surface area contributed by atoms with Crippen LogP contribution in [0.3, 0.4) is 0 Å². The molecule has 3 heterocycles. The number of amidine groups is 1. The molecule has 2 atom stereocenters. The van der Waals surface area contributed by atoms with Crippen molar-refractivity contribution in [3.05, 3.63) is 45.5 Å². The van der Waals surface area contributed by atoms with Gasteiger partial charge in [-0.2, -0.15) is 0 Å². The van der Waals surface area contributed by atoms with Gasteiger partial charge < -0.3 is 21.1 Å². The molecule has 2 aromatic heterocycles. The molecule has 1 aliphatic rings. The van der Waals surface area contributed by atoms with Crippen molar-refractivity contribution in [2.75, 3.05) is 19.6 Å². The molecule has 0 saturated carbocycles. The monoisotopic (exact) mass is 441 g/mol. The third-order valence-corrected chi connectivity index (χ3v) is 6.88. The highest BCUT2D eigenvalue weighted by molar-refractivity contribution is 7.16. The van der Waals surface area contributed by atoms with Crippen molar-refractivity contribution in [3.63, 3.8) is 0 Å². The number of ether oxygens (including phenoxy) is 1. The molecule has 9 heteroatoms. The summed E-state index contributed by atoms with van der Waals surface area (Å²) in [5, 5.41) is 17.1. The molecule has 1 fully saturated rings. The fourth-order valence-corrected chi connectivity index (χ4v) is 5.20. The maximum absolute atomic E-state index is 11.6. The van der Waals surface area contributed by atoms with E-state index in [0.29, 0.717) is 12.3 Å². The lowest BCUT2D eigenvalue weighted by molar-refractivity contribution is -0.115. The average molecular weight is 442 g/mol. The molecule has 30 heavy (non-hydrogen) atoms. The number of hydrogen-bond acceptors (Lipinski definition) is 8. The quantitative estimate of drug-likeness (QED) is 0.255. The largest absolute Gasteiger partial charge is 0.481 e. The second-order valence-electron chi connectivity index (χ2n) is 7.04. The second kappa shape index (κ2) is 9.05. The highest BCUT2D eigenvalue weighted by atomic mass is 32.1. The lowest BCUT2D eigenvalue weighted by atomic mass is 10.1. The molecule has 0 bridgehead atoms. The van der Waals surface area contributed by atoms with Crippen LogP contribution in [-0.2, 0) is 4.79 Å². The lowest BCUT2D eigenvalue weighted by Gasteiger charge is -2.29. The van der Waals surface area contributed by atoms with Gasteiger partial charge in [0.1, 0.15) is 16.6 Å². The Bertz CT molecular complexity index is 1060. The fourth-order valence-electron chi connectivity index (χ4n) is 3.36. The summed E-state index contributed by atoms with van der Waals surface area (Å²) in [6, 6.07) is 9.51. The number of nitrogens with zero attached hydrogens (tertiary/aromatic N) is 1. The van der Waals surface area contributed by atoms with E-state index >= 15 is 0 Å². The van der Waals surface area contributed by atoms with Gasteiger partial charge >= 0.3 is 0 Å². The van der Waals surface area contributed by atoms with Gasteiger partial charge in [-0.05, 0) is 25.1 Å². The molecule has 4 rings (SSSR count). The molecule has 156 valence electrons. The Labute approximate surface area is 182 Å². The number of piperazine rings is 1. The lowest BCUT2D eigenvalue weighted by Crippen LogP contribution is -2.56. The molecule has 0 radical (unpaired) electrons. The van der Waals surface area contributed by atoms with E-state index in [9.17, 15) is 4.79 Å². The van der Waals surface area contributed by atoms with E-state index in [2.05, 4.69) is 10.6 Å². The molecule has 0 spiro atoms. The van der Waals surface area contributed by atoms with Crippen LogP contribution in [0.2, 0.25) is 0 Å². The van der Waals surface area contributed by atoms with Crippen LogP contribution in [0.1, 0.15) is 9.75 Å². The van der Waals surface area contributed by atoms with E-state index in [0.717, 1.165) is 51.0 Å². The number of aromatic nitrogens is 1. The zero-order valence-corrected chi connectivity index (χ0v) is 18.1. The zero-order chi connectivity index (χ0) is 21.1. The summed E-state index contributed by atoms with van der Waals surface area (Å²) in [6.45, 7) is 4.41. The van der Waals surface area contributed by atoms with Gasteiger partial charge in [0, 0.05) is 41.0 Å². The smallest absolute Gasteiger partial charge is 0.170 e. The Morgan fingerprint density at radius 1 is 1.40 bits per heavy atom. The molecule has 3 aromatic rings. The van der Waals surface area contributed by atoms with Crippen LogP contribution in [0.5, 0.6) is 5.75 Å². The number of benzene rings is 1. The maximum Gasteiger partial charge on any atom is 0.170 e. The molecule has 1 aromatic carbocycles. The van der Waals surface area contributed by atoms with Crippen LogP contribution in [0.25, 0.3) is 21.8 Å². The molecule has 0 aliphatic carbocycles. The van der Waals surface area contributed by atoms with Crippen LogP contribution < -0.4 is 21.1 Å². The first-order valence-corrected chi connectivity index (χ1v) is 11.3. The van der Waals surface area contributed by atoms with Crippen LogP contribution >= 0.6 is 22.7 Å². The predicted octanol–water partition coefficient (Wildman–Crippen LogP) is 2.64. The van der Waals surface area contributed by atoms with E-state index in [4.69, 9.17) is 20.9 Å². The Morgan fingerprint density at radius 2 is 2.27 bits per heavy atom. The summed E-state index contributed by atoms with van der Waals surface area (Å²) in [4.78, 5) is 18.2. The topological polar surface area (TPSA) is 113 Å². The summed E-state index contributed by atoms with van der Waals surface area (Å²) in [7, 11) is 0. The van der Waals surface area contributed by atoms with E-state index in [-0.39, 0.29) is 11.9 Å². The first kappa shape index (κ1) is 20.7. The minimum absolute atomic E-state index is 0.0529. The van der Waals surface area contributed by atoms with Crippen LogP contribution in [0.15, 0.2) is 35.7 Å². The summed E-state index contributed by atoms with van der Waals surface area (Å²) in [5.41, 5.74) is 8.40. The van der Waals surface area contributed by atoms with Crippen LogP contribution in [0.4, 0.5) is 0 Å².